The molecule has 32 heavy (non-hydrogen) atoms. The van der Waals surface area contributed by atoms with Crippen molar-refractivity contribution in [2.24, 2.45) is 0 Å². The molecular weight excluding hydrogens is 419 g/mol. The van der Waals surface area contributed by atoms with E-state index < -0.39 is 29.2 Å². The van der Waals surface area contributed by atoms with Gasteiger partial charge in [0.2, 0.25) is 11.9 Å². The predicted molar refractivity (Wildman–Crippen MR) is 113 cm³/mol. The first-order valence-electron chi connectivity index (χ1n) is 9.56. The van der Waals surface area contributed by atoms with E-state index in [9.17, 15) is 23.6 Å². The molecule has 0 saturated heterocycles. The van der Waals surface area contributed by atoms with Gasteiger partial charge in [-0.25, -0.2) is 9.37 Å². The van der Waals surface area contributed by atoms with E-state index in [1.165, 1.54) is 12.1 Å². The summed E-state index contributed by atoms with van der Waals surface area (Å²) in [5, 5.41) is 13.4. The first-order valence-corrected chi connectivity index (χ1v) is 9.56. The second kappa shape index (κ2) is 10.1. The SMILES string of the molecule is O=C(O)CCC(=O)Nc1ncc(C(=O)NCc2ccc(F)c(-c3ccccc3)c2)c(=O)[nH]1. The number of anilines is 1. The maximum atomic E-state index is 14.2. The van der Waals surface area contributed by atoms with Crippen molar-refractivity contribution in [1.29, 1.82) is 0 Å². The summed E-state index contributed by atoms with van der Waals surface area (Å²) in [6.07, 6.45) is 0.344. The number of H-pyrrole nitrogens is 1. The van der Waals surface area contributed by atoms with Gasteiger partial charge in [-0.3, -0.25) is 29.5 Å². The first-order chi connectivity index (χ1) is 15.3. The largest absolute Gasteiger partial charge is 0.481 e. The molecule has 0 spiro atoms. The Morgan fingerprint density at radius 1 is 1.06 bits per heavy atom. The summed E-state index contributed by atoms with van der Waals surface area (Å²) in [5.41, 5.74) is 0.652. The molecule has 0 aliphatic rings. The van der Waals surface area contributed by atoms with Crippen molar-refractivity contribution in [2.45, 2.75) is 19.4 Å². The number of carboxylic acids is 1. The molecule has 0 aliphatic carbocycles. The average Bonchev–Trinajstić information content (AvgIpc) is 2.77. The number of aromatic amines is 1. The smallest absolute Gasteiger partial charge is 0.303 e. The number of hydrogen-bond donors (Lipinski definition) is 4. The minimum Gasteiger partial charge on any atom is -0.481 e. The number of aliphatic carboxylic acids is 1. The molecule has 0 unspecified atom stereocenters. The molecule has 1 aromatic heterocycles. The highest BCUT2D eigenvalue weighted by Crippen LogP contribution is 2.23. The Kier molecular flexibility index (Phi) is 7.06. The zero-order valence-electron chi connectivity index (χ0n) is 16.7. The van der Waals surface area contributed by atoms with Crippen molar-refractivity contribution in [2.75, 3.05) is 5.32 Å². The summed E-state index contributed by atoms with van der Waals surface area (Å²) in [6.45, 7) is 0.0477. The molecule has 2 aromatic carbocycles. The second-order valence-electron chi connectivity index (χ2n) is 6.78. The summed E-state index contributed by atoms with van der Waals surface area (Å²) < 4.78 is 14.2. The Balaban J connectivity index is 1.65. The van der Waals surface area contributed by atoms with Gasteiger partial charge in [-0.1, -0.05) is 36.4 Å². The van der Waals surface area contributed by atoms with E-state index in [0.29, 0.717) is 16.7 Å². The van der Waals surface area contributed by atoms with Crippen LogP contribution in [0.25, 0.3) is 11.1 Å². The Morgan fingerprint density at radius 2 is 1.81 bits per heavy atom. The minimum absolute atomic E-state index is 0.0477. The molecule has 0 bridgehead atoms. The lowest BCUT2D eigenvalue weighted by Crippen LogP contribution is -2.30. The van der Waals surface area contributed by atoms with Crippen LogP contribution in [0, 0.1) is 5.82 Å². The van der Waals surface area contributed by atoms with Crippen LogP contribution < -0.4 is 16.2 Å². The third kappa shape index (κ3) is 5.85. The zero-order valence-corrected chi connectivity index (χ0v) is 16.7. The van der Waals surface area contributed by atoms with Crippen molar-refractivity contribution in [3.05, 3.63) is 82.0 Å². The number of nitrogens with one attached hydrogen (secondary N) is 3. The van der Waals surface area contributed by atoms with Crippen LogP contribution in [-0.4, -0.2) is 32.9 Å². The molecule has 164 valence electrons. The Morgan fingerprint density at radius 3 is 2.50 bits per heavy atom. The van der Waals surface area contributed by atoms with Crippen LogP contribution in [0.5, 0.6) is 0 Å². The van der Waals surface area contributed by atoms with Crippen molar-refractivity contribution in [3.8, 4) is 11.1 Å². The van der Waals surface area contributed by atoms with Gasteiger partial charge in [0.05, 0.1) is 6.42 Å². The number of benzene rings is 2. The topological polar surface area (TPSA) is 141 Å². The van der Waals surface area contributed by atoms with Gasteiger partial charge >= 0.3 is 5.97 Å². The van der Waals surface area contributed by atoms with E-state index >= 15 is 0 Å². The van der Waals surface area contributed by atoms with Gasteiger partial charge in [-0.05, 0) is 23.3 Å². The van der Waals surface area contributed by atoms with Gasteiger partial charge < -0.3 is 10.4 Å². The number of carbonyl (C=O) groups excluding carboxylic acids is 2. The standard InChI is InChI=1S/C22H19FN4O5/c23-17-7-6-13(10-15(17)14-4-2-1-3-5-14)11-24-20(31)16-12-25-22(27-21(16)32)26-18(28)8-9-19(29)30/h1-7,10,12H,8-9,11H2,(H,24,31)(H,29,30)(H2,25,26,27,28,32). The number of aromatic nitrogens is 2. The lowest BCUT2D eigenvalue weighted by molar-refractivity contribution is -0.138. The zero-order chi connectivity index (χ0) is 23.1. The highest BCUT2D eigenvalue weighted by Gasteiger charge is 2.14. The first kappa shape index (κ1) is 22.3. The van der Waals surface area contributed by atoms with E-state index in [1.54, 1.807) is 30.3 Å². The predicted octanol–water partition coefficient (Wildman–Crippen LogP) is 2.31. The maximum absolute atomic E-state index is 14.2. The molecule has 0 saturated carbocycles. The molecule has 2 amide bonds. The molecule has 0 fully saturated rings. The van der Waals surface area contributed by atoms with Crippen molar-refractivity contribution >= 4 is 23.7 Å². The summed E-state index contributed by atoms with van der Waals surface area (Å²) in [7, 11) is 0. The number of carbonyl (C=O) groups is 3. The molecule has 9 nitrogen and oxygen atoms in total. The van der Waals surface area contributed by atoms with Gasteiger partial charge in [0, 0.05) is 24.7 Å². The molecular formula is C22H19FN4O5. The number of rotatable bonds is 8. The van der Waals surface area contributed by atoms with Crippen molar-refractivity contribution < 1.29 is 23.9 Å². The number of carboxylic acid groups (broad SMARTS) is 1. The average molecular weight is 438 g/mol. The van der Waals surface area contributed by atoms with E-state index in [-0.39, 0.29) is 30.9 Å². The molecule has 0 atom stereocenters. The summed E-state index contributed by atoms with van der Waals surface area (Å²) in [5.74, 6) is -3.07. The molecule has 10 heteroatoms. The third-order valence-corrected chi connectivity index (χ3v) is 4.44. The highest BCUT2D eigenvalue weighted by molar-refractivity contribution is 5.94. The highest BCUT2D eigenvalue weighted by atomic mass is 19.1. The number of nitrogens with zero attached hydrogens (tertiary/aromatic N) is 1. The van der Waals surface area contributed by atoms with Crippen LogP contribution in [0.15, 0.2) is 59.5 Å². The summed E-state index contributed by atoms with van der Waals surface area (Å²) >= 11 is 0. The van der Waals surface area contributed by atoms with Gasteiger partial charge in [-0.2, -0.15) is 0 Å². The fraction of sp³-hybridized carbons (Fsp3) is 0.136. The number of halogens is 1. The monoisotopic (exact) mass is 438 g/mol. The van der Waals surface area contributed by atoms with Crippen LogP contribution in [0.3, 0.4) is 0 Å². The second-order valence-corrected chi connectivity index (χ2v) is 6.78. The lowest BCUT2D eigenvalue weighted by atomic mass is 10.0. The molecule has 0 radical (unpaired) electrons. The van der Waals surface area contributed by atoms with Gasteiger partial charge in [0.1, 0.15) is 11.4 Å². The summed E-state index contributed by atoms with van der Waals surface area (Å²) in [4.78, 5) is 52.7. The van der Waals surface area contributed by atoms with Gasteiger partial charge in [-0.15, -0.1) is 0 Å². The van der Waals surface area contributed by atoms with Crippen molar-refractivity contribution in [3.63, 3.8) is 0 Å². The van der Waals surface area contributed by atoms with E-state index in [0.717, 1.165) is 6.20 Å². The summed E-state index contributed by atoms with van der Waals surface area (Å²) in [6, 6.07) is 13.4. The molecule has 1 heterocycles. The Labute approximate surface area is 181 Å². The van der Waals surface area contributed by atoms with E-state index in [4.69, 9.17) is 5.11 Å². The lowest BCUT2D eigenvalue weighted by Gasteiger charge is -2.09. The van der Waals surface area contributed by atoms with Crippen LogP contribution in [0.4, 0.5) is 10.3 Å². The minimum atomic E-state index is -1.13. The normalized spacial score (nSPS) is 10.4. The van der Waals surface area contributed by atoms with Crippen LogP contribution >= 0.6 is 0 Å². The fourth-order valence-electron chi connectivity index (χ4n) is 2.83. The van der Waals surface area contributed by atoms with E-state index in [1.807, 2.05) is 6.07 Å². The number of amides is 2. The van der Waals surface area contributed by atoms with Crippen LogP contribution in [0.1, 0.15) is 28.8 Å². The molecule has 3 rings (SSSR count). The van der Waals surface area contributed by atoms with Crippen LogP contribution in [0.2, 0.25) is 0 Å². The molecule has 3 aromatic rings. The number of hydrogen-bond acceptors (Lipinski definition) is 5. The Hall–Kier alpha value is -4.34. The quantitative estimate of drug-likeness (QED) is 0.425. The maximum Gasteiger partial charge on any atom is 0.303 e. The Bertz CT molecular complexity index is 1210. The molecule has 4 N–H and O–H groups in total. The van der Waals surface area contributed by atoms with Gasteiger partial charge in [0.15, 0.2) is 0 Å². The van der Waals surface area contributed by atoms with Crippen molar-refractivity contribution in [1.82, 2.24) is 15.3 Å². The van der Waals surface area contributed by atoms with Gasteiger partial charge in [0.25, 0.3) is 11.5 Å². The van der Waals surface area contributed by atoms with E-state index in [2.05, 4.69) is 20.6 Å². The fourth-order valence-corrected chi connectivity index (χ4v) is 2.83. The van der Waals surface area contributed by atoms with Crippen LogP contribution in [-0.2, 0) is 16.1 Å². The molecule has 0 aliphatic heterocycles. The third-order valence-electron chi connectivity index (χ3n) is 4.44.